The van der Waals surface area contributed by atoms with Crippen LogP contribution < -0.4 is 0 Å². The zero-order valence-electron chi connectivity index (χ0n) is 5.62. The Balaban J connectivity index is 2.73. The lowest BCUT2D eigenvalue weighted by molar-refractivity contribution is 0.280. The van der Waals surface area contributed by atoms with Crippen molar-refractivity contribution in [1.82, 2.24) is 9.97 Å². The highest BCUT2D eigenvalue weighted by atomic mass is 16.3. The van der Waals surface area contributed by atoms with E-state index >= 15 is 0 Å². The van der Waals surface area contributed by atoms with Gasteiger partial charge >= 0.3 is 0 Å². The number of nitrogens with zero attached hydrogens (tertiary/aromatic N) is 1. The molecular formula is C7H10N2O. The van der Waals surface area contributed by atoms with Gasteiger partial charge in [-0.25, -0.2) is 4.98 Å². The van der Waals surface area contributed by atoms with Crippen LogP contribution in [0.4, 0.5) is 0 Å². The van der Waals surface area contributed by atoms with Crippen molar-refractivity contribution in [3.8, 4) is 0 Å². The van der Waals surface area contributed by atoms with Gasteiger partial charge in [-0.2, -0.15) is 0 Å². The molecule has 1 heterocycles. The van der Waals surface area contributed by atoms with E-state index in [9.17, 15) is 0 Å². The molecule has 0 aliphatic rings. The lowest BCUT2D eigenvalue weighted by Gasteiger charge is -2.02. The third-order valence-electron chi connectivity index (χ3n) is 1.35. The summed E-state index contributed by atoms with van der Waals surface area (Å²) >= 11 is 0. The molecule has 3 nitrogen and oxygen atoms in total. The van der Waals surface area contributed by atoms with Crippen LogP contribution in [0.5, 0.6) is 0 Å². The van der Waals surface area contributed by atoms with E-state index in [1.54, 1.807) is 18.5 Å². The molecule has 1 aromatic heterocycles. The highest BCUT2D eigenvalue weighted by Gasteiger charge is 2.06. The minimum absolute atomic E-state index is 0.0526. The largest absolute Gasteiger partial charge is 0.395 e. The molecule has 0 spiro atoms. The molecule has 0 amide bonds. The standard InChI is InChI=1S/C7H10N2O/c1-2-6(5-10)7-8-3-4-9-7/h2-4,6,10H,1,5H2,(H,8,9). The van der Waals surface area contributed by atoms with E-state index in [1.165, 1.54) is 0 Å². The van der Waals surface area contributed by atoms with Crippen LogP contribution in [0.2, 0.25) is 0 Å². The van der Waals surface area contributed by atoms with E-state index in [0.29, 0.717) is 0 Å². The second kappa shape index (κ2) is 3.17. The molecule has 1 aromatic rings. The smallest absolute Gasteiger partial charge is 0.115 e. The summed E-state index contributed by atoms with van der Waals surface area (Å²) in [5.41, 5.74) is 0. The van der Waals surface area contributed by atoms with Gasteiger partial charge in [0.15, 0.2) is 0 Å². The van der Waals surface area contributed by atoms with E-state index in [1.807, 2.05) is 0 Å². The first-order chi connectivity index (χ1) is 4.88. The molecule has 0 aliphatic carbocycles. The summed E-state index contributed by atoms with van der Waals surface area (Å²) in [5, 5.41) is 8.77. The Bertz CT molecular complexity index is 193. The van der Waals surface area contributed by atoms with Gasteiger partial charge in [0.25, 0.3) is 0 Å². The van der Waals surface area contributed by atoms with Gasteiger partial charge in [0.05, 0.1) is 12.5 Å². The SMILES string of the molecule is C=CC(CO)c1ncc[nH]1. The van der Waals surface area contributed by atoms with Crippen LogP contribution in [0.3, 0.4) is 0 Å². The van der Waals surface area contributed by atoms with Crippen molar-refractivity contribution < 1.29 is 5.11 Å². The molecule has 0 radical (unpaired) electrons. The van der Waals surface area contributed by atoms with Gasteiger partial charge in [-0.05, 0) is 0 Å². The predicted octanol–water partition coefficient (Wildman–Crippen LogP) is 0.672. The molecule has 10 heavy (non-hydrogen) atoms. The monoisotopic (exact) mass is 138 g/mol. The lowest BCUT2D eigenvalue weighted by Crippen LogP contribution is -2.01. The molecular weight excluding hydrogens is 128 g/mol. The summed E-state index contributed by atoms with van der Waals surface area (Å²) in [6.45, 7) is 3.62. The second-order valence-corrected chi connectivity index (χ2v) is 2.00. The molecule has 54 valence electrons. The van der Waals surface area contributed by atoms with Crippen molar-refractivity contribution in [3.05, 3.63) is 30.9 Å². The quantitative estimate of drug-likeness (QED) is 0.603. The van der Waals surface area contributed by atoms with Gasteiger partial charge in [-0.15, -0.1) is 6.58 Å². The number of aliphatic hydroxyl groups is 1. The summed E-state index contributed by atoms with van der Waals surface area (Å²) in [7, 11) is 0. The minimum Gasteiger partial charge on any atom is -0.395 e. The Hall–Kier alpha value is -1.09. The summed E-state index contributed by atoms with van der Waals surface area (Å²) in [5.74, 6) is 0.701. The van der Waals surface area contributed by atoms with E-state index < -0.39 is 0 Å². The molecule has 2 N–H and O–H groups in total. The zero-order chi connectivity index (χ0) is 7.40. The summed E-state index contributed by atoms with van der Waals surface area (Å²) in [6, 6.07) is 0. The maximum atomic E-state index is 8.77. The van der Waals surface area contributed by atoms with Crippen molar-refractivity contribution in [2.24, 2.45) is 0 Å². The molecule has 0 aliphatic heterocycles. The van der Waals surface area contributed by atoms with E-state index in [2.05, 4.69) is 16.5 Å². The van der Waals surface area contributed by atoms with Crippen LogP contribution in [0.1, 0.15) is 11.7 Å². The fraction of sp³-hybridized carbons (Fsp3) is 0.286. The normalized spacial score (nSPS) is 12.9. The Kier molecular flexibility index (Phi) is 2.23. The molecule has 3 heteroatoms. The van der Waals surface area contributed by atoms with Gasteiger partial charge < -0.3 is 10.1 Å². The van der Waals surface area contributed by atoms with E-state index in [4.69, 9.17) is 5.11 Å². The Morgan fingerprint density at radius 2 is 2.70 bits per heavy atom. The highest BCUT2D eigenvalue weighted by Crippen LogP contribution is 2.09. The van der Waals surface area contributed by atoms with Gasteiger partial charge in [-0.3, -0.25) is 0 Å². The first kappa shape index (κ1) is 7.02. The van der Waals surface area contributed by atoms with Gasteiger partial charge in [0, 0.05) is 12.4 Å². The number of imidazole rings is 1. The van der Waals surface area contributed by atoms with Crippen LogP contribution in [0.25, 0.3) is 0 Å². The van der Waals surface area contributed by atoms with Crippen LogP contribution in [0.15, 0.2) is 25.0 Å². The van der Waals surface area contributed by atoms with E-state index in [0.717, 1.165) is 5.82 Å². The third kappa shape index (κ3) is 1.25. The lowest BCUT2D eigenvalue weighted by atomic mass is 10.1. The molecule has 0 saturated carbocycles. The third-order valence-corrected chi connectivity index (χ3v) is 1.35. The maximum absolute atomic E-state index is 8.77. The Labute approximate surface area is 59.4 Å². The van der Waals surface area contributed by atoms with Gasteiger partial charge in [0.2, 0.25) is 0 Å². The predicted molar refractivity (Wildman–Crippen MR) is 38.6 cm³/mol. The first-order valence-electron chi connectivity index (χ1n) is 3.11. The molecule has 0 aromatic carbocycles. The molecule has 0 fully saturated rings. The average Bonchev–Trinajstić information content (AvgIpc) is 2.43. The first-order valence-corrected chi connectivity index (χ1v) is 3.11. The highest BCUT2D eigenvalue weighted by molar-refractivity contribution is 5.04. The fourth-order valence-electron chi connectivity index (χ4n) is 0.753. The van der Waals surface area contributed by atoms with Gasteiger partial charge in [0.1, 0.15) is 5.82 Å². The number of hydrogen-bond acceptors (Lipinski definition) is 2. The number of aliphatic hydroxyl groups excluding tert-OH is 1. The zero-order valence-corrected chi connectivity index (χ0v) is 5.62. The second-order valence-electron chi connectivity index (χ2n) is 2.00. The molecule has 1 unspecified atom stereocenters. The van der Waals surface area contributed by atoms with Crippen molar-refractivity contribution >= 4 is 0 Å². The van der Waals surface area contributed by atoms with Crippen LogP contribution in [-0.4, -0.2) is 21.7 Å². The maximum Gasteiger partial charge on any atom is 0.115 e. The average molecular weight is 138 g/mol. The van der Waals surface area contributed by atoms with Crippen molar-refractivity contribution in [2.45, 2.75) is 5.92 Å². The molecule has 0 bridgehead atoms. The minimum atomic E-state index is -0.0602. The molecule has 0 saturated heterocycles. The van der Waals surface area contributed by atoms with Crippen LogP contribution in [0, 0.1) is 0 Å². The van der Waals surface area contributed by atoms with Crippen molar-refractivity contribution in [1.29, 1.82) is 0 Å². The number of hydrogen-bond donors (Lipinski definition) is 2. The summed E-state index contributed by atoms with van der Waals surface area (Å²) in [4.78, 5) is 6.87. The van der Waals surface area contributed by atoms with Gasteiger partial charge in [-0.1, -0.05) is 6.08 Å². The number of aromatic amines is 1. The van der Waals surface area contributed by atoms with Crippen molar-refractivity contribution in [3.63, 3.8) is 0 Å². The summed E-state index contributed by atoms with van der Waals surface area (Å²) in [6.07, 6.45) is 5.04. The number of aromatic nitrogens is 2. The summed E-state index contributed by atoms with van der Waals surface area (Å²) < 4.78 is 0. The number of H-pyrrole nitrogens is 1. The van der Waals surface area contributed by atoms with Crippen molar-refractivity contribution in [2.75, 3.05) is 6.61 Å². The van der Waals surface area contributed by atoms with Crippen LogP contribution >= 0.6 is 0 Å². The fourth-order valence-corrected chi connectivity index (χ4v) is 0.753. The Morgan fingerprint density at radius 3 is 3.10 bits per heavy atom. The van der Waals surface area contributed by atoms with E-state index in [-0.39, 0.29) is 12.5 Å². The topological polar surface area (TPSA) is 48.9 Å². The number of nitrogens with one attached hydrogen (secondary N) is 1. The molecule has 1 atom stereocenters. The molecule has 1 rings (SSSR count). The van der Waals surface area contributed by atoms with Crippen LogP contribution in [-0.2, 0) is 0 Å². The number of rotatable bonds is 3. The Morgan fingerprint density at radius 1 is 1.90 bits per heavy atom.